The second-order valence-electron chi connectivity index (χ2n) is 5.76. The number of benzene rings is 1. The summed E-state index contributed by atoms with van der Waals surface area (Å²) in [5.41, 5.74) is 0.625. The molecule has 0 atom stereocenters. The average molecular weight is 366 g/mol. The fraction of sp³-hybridized carbons (Fsp3) is 0.375. The van der Waals surface area contributed by atoms with Gasteiger partial charge in [0, 0.05) is 30.7 Å². The molecule has 0 aliphatic carbocycles. The van der Waals surface area contributed by atoms with Crippen molar-refractivity contribution in [3.05, 3.63) is 34.1 Å². The second kappa shape index (κ2) is 7.10. The molecule has 0 saturated heterocycles. The fourth-order valence-electron chi connectivity index (χ4n) is 2.70. The maximum atomic E-state index is 12.3. The number of hydrogen-bond acceptors (Lipinski definition) is 7. The summed E-state index contributed by atoms with van der Waals surface area (Å²) in [6.07, 6.45) is 2.97. The second-order valence-corrected chi connectivity index (χ2v) is 6.14. The number of ketones is 1. The molecule has 0 amide bonds. The van der Waals surface area contributed by atoms with E-state index in [2.05, 4.69) is 10.3 Å². The summed E-state index contributed by atoms with van der Waals surface area (Å²) in [5.74, 6) is -1.87. The molecule has 2 N–H and O–H groups in total. The minimum absolute atomic E-state index is 0.00690. The van der Waals surface area contributed by atoms with Crippen molar-refractivity contribution in [1.82, 2.24) is 15.0 Å². The van der Waals surface area contributed by atoms with Crippen molar-refractivity contribution in [2.24, 2.45) is 0 Å². The van der Waals surface area contributed by atoms with Gasteiger partial charge in [-0.1, -0.05) is 16.8 Å². The number of rotatable bonds is 0. The number of carbonyl (C=O) groups is 2. The Labute approximate surface area is 148 Å². The molecule has 2 heterocycles. The van der Waals surface area contributed by atoms with Crippen LogP contribution in [0.5, 0.6) is 11.5 Å². The van der Waals surface area contributed by atoms with Crippen LogP contribution < -0.4 is 0 Å². The van der Waals surface area contributed by atoms with Gasteiger partial charge in [0.05, 0.1) is 17.3 Å². The Bertz CT molecular complexity index is 833. The average Bonchev–Trinajstić information content (AvgIpc) is 2.99. The van der Waals surface area contributed by atoms with Crippen molar-refractivity contribution < 1.29 is 24.5 Å². The van der Waals surface area contributed by atoms with Gasteiger partial charge in [0.25, 0.3) is 0 Å². The molecule has 1 aromatic carbocycles. The lowest BCUT2D eigenvalue weighted by molar-refractivity contribution is -0.118. The molecule has 9 heteroatoms. The van der Waals surface area contributed by atoms with E-state index in [0.29, 0.717) is 19.4 Å². The predicted octanol–water partition coefficient (Wildman–Crippen LogP) is 1.65. The molecule has 2 aromatic rings. The van der Waals surface area contributed by atoms with Crippen LogP contribution in [0.15, 0.2) is 12.3 Å². The van der Waals surface area contributed by atoms with Gasteiger partial charge in [-0.3, -0.25) is 4.79 Å². The topological polar surface area (TPSA) is 115 Å². The highest BCUT2D eigenvalue weighted by Gasteiger charge is 2.25. The minimum atomic E-state index is -0.820. The van der Waals surface area contributed by atoms with E-state index in [9.17, 15) is 19.8 Å². The Balaban J connectivity index is 1.96. The first kappa shape index (κ1) is 17.2. The summed E-state index contributed by atoms with van der Waals surface area (Å²) in [6, 6.07) is 0.958. The third kappa shape index (κ3) is 3.74. The van der Waals surface area contributed by atoms with Crippen LogP contribution in [-0.4, -0.2) is 43.6 Å². The summed E-state index contributed by atoms with van der Waals surface area (Å²) in [4.78, 5) is 24.6. The van der Waals surface area contributed by atoms with Gasteiger partial charge in [-0.05, 0) is 12.8 Å². The van der Waals surface area contributed by atoms with Crippen LogP contribution in [0.1, 0.15) is 34.5 Å². The zero-order valence-corrected chi connectivity index (χ0v) is 14.0. The van der Waals surface area contributed by atoms with Gasteiger partial charge in [0.2, 0.25) is 0 Å². The number of phenolic OH excluding ortho intramolecular Hbond substituents is 2. The first-order valence-electron chi connectivity index (χ1n) is 7.77. The van der Waals surface area contributed by atoms with Crippen LogP contribution in [0.2, 0.25) is 5.02 Å². The summed E-state index contributed by atoms with van der Waals surface area (Å²) in [6.45, 7) is 0.312. The van der Waals surface area contributed by atoms with E-state index in [1.165, 1.54) is 0 Å². The number of aryl methyl sites for hydroxylation is 1. The van der Waals surface area contributed by atoms with E-state index in [-0.39, 0.29) is 41.4 Å². The lowest BCUT2D eigenvalue weighted by atomic mass is 9.98. The summed E-state index contributed by atoms with van der Waals surface area (Å²) in [5, 5.41) is 27.6. The van der Waals surface area contributed by atoms with Crippen LogP contribution in [-0.2, 0) is 28.9 Å². The van der Waals surface area contributed by atoms with E-state index in [1.54, 1.807) is 10.9 Å². The maximum Gasteiger partial charge on any atom is 0.342 e. The number of aromatic hydroxyl groups is 2. The lowest BCUT2D eigenvalue weighted by Crippen LogP contribution is -2.16. The molecule has 25 heavy (non-hydrogen) atoms. The molecule has 1 aliphatic rings. The van der Waals surface area contributed by atoms with Crippen molar-refractivity contribution in [3.8, 4) is 11.5 Å². The first-order valence-corrected chi connectivity index (χ1v) is 8.14. The molecule has 0 radical (unpaired) electrons. The Morgan fingerprint density at radius 3 is 2.80 bits per heavy atom. The molecule has 3 rings (SSSR count). The molecule has 0 fully saturated rings. The van der Waals surface area contributed by atoms with Crippen LogP contribution in [0.3, 0.4) is 0 Å². The third-order valence-corrected chi connectivity index (χ3v) is 4.35. The van der Waals surface area contributed by atoms with E-state index in [1.807, 2.05) is 0 Å². The monoisotopic (exact) mass is 365 g/mol. The number of cyclic esters (lactones) is 1. The number of fused-ring (bicyclic) bond motifs is 3. The van der Waals surface area contributed by atoms with Gasteiger partial charge in [0.15, 0.2) is 0 Å². The summed E-state index contributed by atoms with van der Waals surface area (Å²) in [7, 11) is 0. The summed E-state index contributed by atoms with van der Waals surface area (Å²) < 4.78 is 6.69. The SMILES string of the molecule is O=C1CCCc2cn(nn2)CCOC(=O)c2c(O)cc(O)c(Cl)c2C1. The first-order chi connectivity index (χ1) is 12.0. The molecule has 2 bridgehead atoms. The summed E-state index contributed by atoms with van der Waals surface area (Å²) >= 11 is 6.05. The van der Waals surface area contributed by atoms with Crippen LogP contribution in [0, 0.1) is 0 Å². The van der Waals surface area contributed by atoms with Gasteiger partial charge in [0.1, 0.15) is 29.5 Å². The van der Waals surface area contributed by atoms with Crippen LogP contribution in [0.25, 0.3) is 0 Å². The molecule has 0 spiro atoms. The largest absolute Gasteiger partial charge is 0.507 e. The molecule has 0 unspecified atom stereocenters. The maximum absolute atomic E-state index is 12.3. The Kier molecular flexibility index (Phi) is 4.89. The zero-order chi connectivity index (χ0) is 18.0. The number of ether oxygens (including phenoxy) is 1. The lowest BCUT2D eigenvalue weighted by Gasteiger charge is -2.14. The van der Waals surface area contributed by atoms with E-state index in [4.69, 9.17) is 16.3 Å². The van der Waals surface area contributed by atoms with E-state index >= 15 is 0 Å². The van der Waals surface area contributed by atoms with Crippen molar-refractivity contribution in [1.29, 1.82) is 0 Å². The fourth-order valence-corrected chi connectivity index (χ4v) is 2.91. The van der Waals surface area contributed by atoms with Gasteiger partial charge in [-0.25, -0.2) is 9.48 Å². The predicted molar refractivity (Wildman–Crippen MR) is 86.7 cm³/mol. The molecular weight excluding hydrogens is 350 g/mol. The number of Topliss-reactive ketones (excluding diaryl/α,β-unsaturated/α-hetero) is 1. The van der Waals surface area contributed by atoms with Gasteiger partial charge in [-0.15, -0.1) is 5.10 Å². The number of phenols is 2. The number of hydrogen-bond donors (Lipinski definition) is 2. The zero-order valence-electron chi connectivity index (χ0n) is 13.2. The Hall–Kier alpha value is -2.61. The van der Waals surface area contributed by atoms with E-state index < -0.39 is 17.5 Å². The molecule has 132 valence electrons. The van der Waals surface area contributed by atoms with Crippen LogP contribution in [0.4, 0.5) is 0 Å². The van der Waals surface area contributed by atoms with Crippen LogP contribution >= 0.6 is 11.6 Å². The number of esters is 1. The number of aromatic nitrogens is 3. The van der Waals surface area contributed by atoms with Gasteiger partial charge >= 0.3 is 5.97 Å². The molecular formula is C16H16ClN3O5. The molecule has 8 nitrogen and oxygen atoms in total. The number of carbonyl (C=O) groups excluding carboxylic acids is 2. The smallest absolute Gasteiger partial charge is 0.342 e. The van der Waals surface area contributed by atoms with Crippen molar-refractivity contribution >= 4 is 23.4 Å². The van der Waals surface area contributed by atoms with Gasteiger partial charge < -0.3 is 14.9 Å². The highest BCUT2D eigenvalue weighted by Crippen LogP contribution is 2.37. The quantitative estimate of drug-likeness (QED) is 0.682. The highest BCUT2D eigenvalue weighted by atomic mass is 35.5. The Morgan fingerprint density at radius 2 is 2.00 bits per heavy atom. The normalized spacial score (nSPS) is 16.0. The third-order valence-electron chi connectivity index (χ3n) is 3.93. The molecule has 1 aromatic heterocycles. The van der Waals surface area contributed by atoms with Crippen molar-refractivity contribution in [2.75, 3.05) is 6.61 Å². The molecule has 0 saturated carbocycles. The van der Waals surface area contributed by atoms with Gasteiger partial charge in [-0.2, -0.15) is 0 Å². The standard InChI is InChI=1S/C16H16ClN3O5/c17-15-11-6-10(21)3-1-2-9-8-20(19-18-9)4-5-25-16(24)14(11)12(22)7-13(15)23/h7-8,22-23H,1-6H2. The molecule has 1 aliphatic heterocycles. The van der Waals surface area contributed by atoms with Crippen molar-refractivity contribution in [2.45, 2.75) is 32.2 Å². The minimum Gasteiger partial charge on any atom is -0.507 e. The number of nitrogens with zero attached hydrogens (tertiary/aromatic N) is 3. The van der Waals surface area contributed by atoms with E-state index in [0.717, 1.165) is 11.8 Å². The Morgan fingerprint density at radius 1 is 1.20 bits per heavy atom. The number of halogens is 1. The highest BCUT2D eigenvalue weighted by molar-refractivity contribution is 6.33. The van der Waals surface area contributed by atoms with Crippen molar-refractivity contribution in [3.63, 3.8) is 0 Å².